The van der Waals surface area contributed by atoms with E-state index in [0.29, 0.717) is 22.6 Å². The summed E-state index contributed by atoms with van der Waals surface area (Å²) in [6, 6.07) is 14.4. The Morgan fingerprint density at radius 2 is 1.58 bits per heavy atom. The van der Waals surface area contributed by atoms with Crippen molar-refractivity contribution in [1.82, 2.24) is 5.32 Å². The summed E-state index contributed by atoms with van der Waals surface area (Å²) in [6.45, 7) is -0.00756. The van der Waals surface area contributed by atoms with Gasteiger partial charge < -0.3 is 15.2 Å². The predicted molar refractivity (Wildman–Crippen MR) is 156 cm³/mol. The van der Waals surface area contributed by atoms with Crippen LogP contribution in [0.2, 0.25) is 0 Å². The van der Waals surface area contributed by atoms with Crippen LogP contribution in [0.3, 0.4) is 0 Å². The highest BCUT2D eigenvalue weighted by Crippen LogP contribution is 2.35. The van der Waals surface area contributed by atoms with Gasteiger partial charge in [0.25, 0.3) is 5.91 Å². The molecule has 11 heteroatoms. The Morgan fingerprint density at radius 3 is 2.16 bits per heavy atom. The summed E-state index contributed by atoms with van der Waals surface area (Å²) in [4.78, 5) is 23.0. The molecule has 230 valence electrons. The summed E-state index contributed by atoms with van der Waals surface area (Å²) >= 11 is 0. The summed E-state index contributed by atoms with van der Waals surface area (Å²) in [6.07, 6.45) is 2.88. The second-order valence-electron chi connectivity index (χ2n) is 10.7. The number of alkyl halides is 3. The molecule has 0 spiro atoms. The Hall–Kier alpha value is -3.86. The van der Waals surface area contributed by atoms with Crippen LogP contribution in [0.1, 0.15) is 84.3 Å². The molecule has 0 bridgehead atoms. The van der Waals surface area contributed by atoms with Crippen molar-refractivity contribution in [3.8, 4) is 0 Å². The summed E-state index contributed by atoms with van der Waals surface area (Å²) in [7, 11) is -3.98. The molecule has 0 aliphatic heterocycles. The van der Waals surface area contributed by atoms with E-state index in [0.717, 1.165) is 30.6 Å². The minimum absolute atomic E-state index is 0.00756. The number of allylic oxidation sites excluding steroid dienone is 5. The largest absolute Gasteiger partial charge is 0.572 e. The van der Waals surface area contributed by atoms with E-state index in [-0.39, 0.29) is 42.9 Å². The summed E-state index contributed by atoms with van der Waals surface area (Å²) < 4.78 is 68.5. The fraction of sp³-hybridized carbons (Fsp3) is 0.375. The lowest BCUT2D eigenvalue weighted by Crippen LogP contribution is -2.25. The Kier molecular flexibility index (Phi) is 10.5. The van der Waals surface area contributed by atoms with Gasteiger partial charge in [-0.05, 0) is 78.1 Å². The second-order valence-corrected chi connectivity index (χ2v) is 12.6. The maximum absolute atomic E-state index is 13.4. The van der Waals surface area contributed by atoms with Crippen LogP contribution in [0.15, 0.2) is 76.8 Å². The number of benzene rings is 2. The van der Waals surface area contributed by atoms with Gasteiger partial charge >= 0.3 is 12.3 Å². The molecule has 0 unspecified atom stereocenters. The van der Waals surface area contributed by atoms with E-state index in [1.54, 1.807) is 24.3 Å². The molecule has 0 aromatic heterocycles. The maximum Gasteiger partial charge on any atom is 0.572 e. The van der Waals surface area contributed by atoms with Crippen LogP contribution < -0.4 is 5.32 Å². The number of sulfone groups is 1. The van der Waals surface area contributed by atoms with Crippen molar-refractivity contribution in [3.63, 3.8) is 0 Å². The third-order valence-electron chi connectivity index (χ3n) is 7.58. The molecule has 0 atom stereocenters. The van der Waals surface area contributed by atoms with Gasteiger partial charge in [-0.15, -0.1) is 13.2 Å². The first-order chi connectivity index (χ1) is 20.4. The van der Waals surface area contributed by atoms with Crippen LogP contribution >= 0.6 is 0 Å². The number of carboxylic acid groups (broad SMARTS) is 1. The molecular weight excluding hydrogens is 583 g/mol. The Bertz CT molecular complexity index is 1500. The zero-order valence-corrected chi connectivity index (χ0v) is 24.3. The lowest BCUT2D eigenvalue weighted by atomic mass is 9.83. The standard InChI is InChI=1S/C32H34F3NO6S/c33-32(34,35)42-28-14-16-29(17-15-28)43(40,41)21-27(25-12-10-24(11-13-25)23-4-2-1-3-5-23)20-22-6-8-26(9-7-22)31(39)36-19-18-30(37)38/h6-14,16,21,23H,1-5,15,17-20H2,(H,36,39)(H,37,38)/b27-21+. The minimum Gasteiger partial charge on any atom is -0.481 e. The number of carbonyl (C=O) groups is 2. The molecule has 1 saturated carbocycles. The minimum atomic E-state index is -4.85. The zero-order valence-electron chi connectivity index (χ0n) is 23.5. The molecule has 2 aliphatic rings. The predicted octanol–water partition coefficient (Wildman–Crippen LogP) is 7.04. The van der Waals surface area contributed by atoms with Gasteiger partial charge in [-0.1, -0.05) is 55.7 Å². The molecule has 2 N–H and O–H groups in total. The zero-order chi connectivity index (χ0) is 31.0. The molecule has 7 nitrogen and oxygen atoms in total. The fourth-order valence-corrected chi connectivity index (χ4v) is 6.72. The first kappa shape index (κ1) is 32.1. The van der Waals surface area contributed by atoms with E-state index in [9.17, 15) is 31.2 Å². The van der Waals surface area contributed by atoms with Crippen molar-refractivity contribution in [2.24, 2.45) is 0 Å². The maximum atomic E-state index is 13.4. The highest BCUT2D eigenvalue weighted by molar-refractivity contribution is 7.98. The number of amides is 1. The molecule has 2 aromatic rings. The SMILES string of the molecule is O=C(O)CCNC(=O)c1ccc(C/C(=C\S(=O)(=O)C2=CC=C(OC(F)(F)F)CC2)c2ccc(C3CCCCC3)cc2)cc1. The highest BCUT2D eigenvalue weighted by atomic mass is 32.2. The van der Waals surface area contributed by atoms with Crippen molar-refractivity contribution >= 4 is 27.3 Å². The van der Waals surface area contributed by atoms with E-state index in [4.69, 9.17) is 5.11 Å². The molecule has 1 amide bonds. The highest BCUT2D eigenvalue weighted by Gasteiger charge is 2.33. The van der Waals surface area contributed by atoms with Crippen molar-refractivity contribution < 1.29 is 41.0 Å². The van der Waals surface area contributed by atoms with Crippen LogP contribution in [0.25, 0.3) is 5.57 Å². The lowest BCUT2D eigenvalue weighted by molar-refractivity contribution is -0.306. The van der Waals surface area contributed by atoms with E-state index in [1.807, 2.05) is 24.3 Å². The quantitative estimate of drug-likeness (QED) is 0.280. The second kappa shape index (κ2) is 14.1. The fourth-order valence-electron chi connectivity index (χ4n) is 5.33. The van der Waals surface area contributed by atoms with Crippen molar-refractivity contribution in [2.75, 3.05) is 6.54 Å². The normalized spacial score (nSPS) is 16.7. The number of carboxylic acids is 1. The van der Waals surface area contributed by atoms with Gasteiger partial charge in [0.2, 0.25) is 0 Å². The van der Waals surface area contributed by atoms with Crippen molar-refractivity contribution in [3.05, 3.63) is 99.0 Å². The van der Waals surface area contributed by atoms with E-state index in [1.165, 1.54) is 30.2 Å². The van der Waals surface area contributed by atoms with Crippen molar-refractivity contribution in [1.29, 1.82) is 0 Å². The Labute approximate surface area is 249 Å². The average Bonchev–Trinajstić information content (AvgIpc) is 2.97. The first-order valence-corrected chi connectivity index (χ1v) is 15.7. The molecule has 0 radical (unpaired) electrons. The summed E-state index contributed by atoms with van der Waals surface area (Å²) in [5.74, 6) is -1.32. The van der Waals surface area contributed by atoms with Gasteiger partial charge in [-0.2, -0.15) is 0 Å². The number of rotatable bonds is 11. The summed E-state index contributed by atoms with van der Waals surface area (Å²) in [5.41, 5.74) is 3.47. The molecule has 2 aliphatic carbocycles. The molecule has 4 rings (SSSR count). The van der Waals surface area contributed by atoms with Gasteiger partial charge in [0, 0.05) is 28.8 Å². The van der Waals surface area contributed by atoms with Gasteiger partial charge in [-0.25, -0.2) is 8.42 Å². The van der Waals surface area contributed by atoms with Crippen LogP contribution in [0, 0.1) is 0 Å². The number of nitrogens with one attached hydrogen (secondary N) is 1. The molecular formula is C32H34F3NO6S. The van der Waals surface area contributed by atoms with E-state index >= 15 is 0 Å². The number of hydrogen-bond donors (Lipinski definition) is 2. The number of carbonyl (C=O) groups excluding carboxylic acids is 1. The van der Waals surface area contributed by atoms with Crippen LogP contribution in [0.4, 0.5) is 13.2 Å². The first-order valence-electron chi connectivity index (χ1n) is 14.2. The molecule has 2 aromatic carbocycles. The molecule has 0 saturated heterocycles. The molecule has 0 heterocycles. The summed E-state index contributed by atoms with van der Waals surface area (Å²) in [5, 5.41) is 12.5. The monoisotopic (exact) mass is 617 g/mol. The number of ether oxygens (including phenoxy) is 1. The lowest BCUT2D eigenvalue weighted by Gasteiger charge is -2.22. The van der Waals surface area contributed by atoms with Gasteiger partial charge in [-0.3, -0.25) is 9.59 Å². The van der Waals surface area contributed by atoms with Gasteiger partial charge in [0.05, 0.1) is 6.42 Å². The van der Waals surface area contributed by atoms with Gasteiger partial charge in [0.1, 0.15) is 5.76 Å². The van der Waals surface area contributed by atoms with E-state index < -0.39 is 28.1 Å². The Balaban J connectivity index is 1.59. The smallest absolute Gasteiger partial charge is 0.481 e. The van der Waals surface area contributed by atoms with Crippen molar-refractivity contribution in [2.45, 2.75) is 70.1 Å². The molecule has 43 heavy (non-hydrogen) atoms. The Morgan fingerprint density at radius 1 is 0.930 bits per heavy atom. The number of aliphatic carboxylic acids is 1. The molecule has 1 fully saturated rings. The van der Waals surface area contributed by atoms with Crippen LogP contribution in [-0.2, 0) is 25.8 Å². The number of halogens is 3. The number of hydrogen-bond acceptors (Lipinski definition) is 5. The third-order valence-corrected chi connectivity index (χ3v) is 9.24. The average molecular weight is 618 g/mol. The third kappa shape index (κ3) is 9.57. The van der Waals surface area contributed by atoms with Gasteiger partial charge in [0.15, 0.2) is 9.84 Å². The van der Waals surface area contributed by atoms with Crippen LogP contribution in [-0.4, -0.2) is 38.3 Å². The van der Waals surface area contributed by atoms with Crippen LogP contribution in [0.5, 0.6) is 0 Å². The van der Waals surface area contributed by atoms with E-state index in [2.05, 4.69) is 10.1 Å². The topological polar surface area (TPSA) is 110 Å².